The zero-order chi connectivity index (χ0) is 8.55. The Morgan fingerprint density at radius 1 is 1.67 bits per heavy atom. The maximum absolute atomic E-state index is 10.9. The molecule has 1 radical (unpaired) electrons. The fraction of sp³-hybridized carbons (Fsp3) is 0.222. The molecule has 61 valence electrons. The third-order valence-corrected chi connectivity index (χ3v) is 1.69. The van der Waals surface area contributed by atoms with Gasteiger partial charge in [0, 0.05) is 0 Å². The summed E-state index contributed by atoms with van der Waals surface area (Å²) in [5, 5.41) is 2.69. The molecule has 0 bridgehead atoms. The Hall–Kier alpha value is -1.51. The lowest BCUT2D eigenvalue weighted by Gasteiger charge is -2.17. The van der Waals surface area contributed by atoms with Gasteiger partial charge in [-0.3, -0.25) is 4.79 Å². The van der Waals surface area contributed by atoms with E-state index in [9.17, 15) is 4.79 Å². The third-order valence-electron chi connectivity index (χ3n) is 1.69. The van der Waals surface area contributed by atoms with Crippen LogP contribution in [0.2, 0.25) is 0 Å². The number of hydrogen-bond acceptors (Lipinski definition) is 2. The van der Waals surface area contributed by atoms with Gasteiger partial charge in [0.1, 0.15) is 5.75 Å². The highest BCUT2D eigenvalue weighted by Gasteiger charge is 2.14. The normalized spacial score (nSPS) is 14.6. The van der Waals surface area contributed by atoms with Crippen molar-refractivity contribution in [2.75, 3.05) is 11.9 Å². The Kier molecular flexibility index (Phi) is 1.50. The van der Waals surface area contributed by atoms with Gasteiger partial charge in [0.2, 0.25) is 0 Å². The van der Waals surface area contributed by atoms with Crippen molar-refractivity contribution in [1.82, 2.24) is 0 Å². The molecular formula is C9H8NO2. The summed E-state index contributed by atoms with van der Waals surface area (Å²) in [6, 6.07) is 6.57. The number of rotatable bonds is 0. The van der Waals surface area contributed by atoms with Crippen molar-refractivity contribution in [1.29, 1.82) is 0 Å². The van der Waals surface area contributed by atoms with Crippen molar-refractivity contribution in [2.45, 2.75) is 6.92 Å². The zero-order valence-electron chi connectivity index (χ0n) is 6.68. The predicted octanol–water partition coefficient (Wildman–Crippen LogP) is 1.13. The van der Waals surface area contributed by atoms with Crippen LogP contribution in [0.15, 0.2) is 12.1 Å². The SMILES string of the molecule is Cc1[c]cc2c(c1)OCC(=O)N2. The molecule has 2 rings (SSSR count). The Bertz CT molecular complexity index is 333. The van der Waals surface area contributed by atoms with Crippen LogP contribution in [0.3, 0.4) is 0 Å². The Morgan fingerprint density at radius 2 is 2.50 bits per heavy atom. The van der Waals surface area contributed by atoms with E-state index in [1.165, 1.54) is 0 Å². The molecule has 0 aliphatic carbocycles. The summed E-state index contributed by atoms with van der Waals surface area (Å²) in [6.45, 7) is 2.04. The number of benzene rings is 1. The van der Waals surface area contributed by atoms with Gasteiger partial charge in [-0.25, -0.2) is 0 Å². The second kappa shape index (κ2) is 2.52. The van der Waals surface area contributed by atoms with Gasteiger partial charge in [-0.1, -0.05) is 0 Å². The van der Waals surface area contributed by atoms with Crippen LogP contribution < -0.4 is 10.1 Å². The van der Waals surface area contributed by atoms with Crippen LogP contribution in [0.25, 0.3) is 0 Å². The van der Waals surface area contributed by atoms with Gasteiger partial charge in [0.05, 0.1) is 5.69 Å². The van der Waals surface area contributed by atoms with Gasteiger partial charge in [0.15, 0.2) is 6.61 Å². The van der Waals surface area contributed by atoms with Gasteiger partial charge < -0.3 is 10.1 Å². The number of aryl methyl sites for hydroxylation is 1. The lowest BCUT2D eigenvalue weighted by Crippen LogP contribution is -2.25. The highest BCUT2D eigenvalue weighted by Crippen LogP contribution is 2.27. The second-order valence-electron chi connectivity index (χ2n) is 2.73. The van der Waals surface area contributed by atoms with Gasteiger partial charge in [0.25, 0.3) is 5.91 Å². The van der Waals surface area contributed by atoms with E-state index in [-0.39, 0.29) is 12.5 Å². The molecule has 1 amide bonds. The summed E-state index contributed by atoms with van der Waals surface area (Å²) in [5.41, 5.74) is 1.71. The zero-order valence-corrected chi connectivity index (χ0v) is 6.68. The first-order valence-electron chi connectivity index (χ1n) is 3.71. The predicted molar refractivity (Wildman–Crippen MR) is 44.1 cm³/mol. The van der Waals surface area contributed by atoms with Crippen molar-refractivity contribution in [2.24, 2.45) is 0 Å². The van der Waals surface area contributed by atoms with Crippen LogP contribution in [0.1, 0.15) is 5.56 Å². The monoisotopic (exact) mass is 162 g/mol. The molecule has 0 unspecified atom stereocenters. The first-order valence-corrected chi connectivity index (χ1v) is 3.71. The second-order valence-corrected chi connectivity index (χ2v) is 2.73. The minimum Gasteiger partial charge on any atom is -0.482 e. The van der Waals surface area contributed by atoms with E-state index in [2.05, 4.69) is 11.4 Å². The quantitative estimate of drug-likeness (QED) is 0.621. The van der Waals surface area contributed by atoms with E-state index >= 15 is 0 Å². The number of nitrogens with one attached hydrogen (secondary N) is 1. The first-order chi connectivity index (χ1) is 5.75. The minimum atomic E-state index is -0.111. The molecule has 3 heteroatoms. The van der Waals surface area contributed by atoms with Gasteiger partial charge >= 0.3 is 0 Å². The summed E-state index contributed by atoms with van der Waals surface area (Å²) in [6.07, 6.45) is 0. The average Bonchev–Trinajstić information content (AvgIpc) is 2.05. The smallest absolute Gasteiger partial charge is 0.262 e. The van der Waals surface area contributed by atoms with Crippen LogP contribution in [0.5, 0.6) is 5.75 Å². The third kappa shape index (κ3) is 1.13. The van der Waals surface area contributed by atoms with Gasteiger partial charge in [-0.15, -0.1) is 0 Å². The standard InChI is InChI=1S/C9H8NO2/c1-6-2-3-7-8(4-6)12-5-9(11)10-7/h3-4H,5H2,1H3,(H,10,11). The lowest BCUT2D eigenvalue weighted by atomic mass is 10.2. The van der Waals surface area contributed by atoms with E-state index in [0.717, 1.165) is 11.3 Å². The molecule has 0 aromatic heterocycles. The molecule has 1 heterocycles. The highest BCUT2D eigenvalue weighted by atomic mass is 16.5. The maximum Gasteiger partial charge on any atom is 0.262 e. The molecule has 1 aromatic carbocycles. The van der Waals surface area contributed by atoms with Crippen LogP contribution in [0, 0.1) is 13.0 Å². The average molecular weight is 162 g/mol. The summed E-state index contributed by atoms with van der Waals surface area (Å²) >= 11 is 0. The summed E-state index contributed by atoms with van der Waals surface area (Å²) in [5.74, 6) is 0.616. The van der Waals surface area contributed by atoms with Crippen molar-refractivity contribution >= 4 is 11.6 Å². The van der Waals surface area contributed by atoms with Crippen molar-refractivity contribution < 1.29 is 9.53 Å². The van der Waals surface area contributed by atoms with E-state index in [1.54, 1.807) is 6.07 Å². The summed E-state index contributed by atoms with van der Waals surface area (Å²) in [7, 11) is 0. The number of fused-ring (bicyclic) bond motifs is 1. The van der Waals surface area contributed by atoms with Crippen molar-refractivity contribution in [3.05, 3.63) is 23.8 Å². The molecule has 0 saturated heterocycles. The molecule has 1 aliphatic heterocycles. The number of ether oxygens (including phenoxy) is 1. The van der Waals surface area contributed by atoms with E-state index in [4.69, 9.17) is 4.74 Å². The minimum absolute atomic E-state index is 0.108. The molecule has 0 saturated carbocycles. The summed E-state index contributed by atoms with van der Waals surface area (Å²) < 4.78 is 5.18. The largest absolute Gasteiger partial charge is 0.482 e. The van der Waals surface area contributed by atoms with Crippen LogP contribution >= 0.6 is 0 Å². The Balaban J connectivity index is 2.43. The highest BCUT2D eigenvalue weighted by molar-refractivity contribution is 5.95. The topological polar surface area (TPSA) is 38.3 Å². The van der Waals surface area contributed by atoms with Crippen LogP contribution in [-0.2, 0) is 4.79 Å². The summed E-state index contributed by atoms with van der Waals surface area (Å²) in [4.78, 5) is 10.9. The molecule has 1 aliphatic rings. The molecule has 3 nitrogen and oxygen atoms in total. The lowest BCUT2D eigenvalue weighted by molar-refractivity contribution is -0.118. The number of hydrogen-bond donors (Lipinski definition) is 1. The molecule has 0 fully saturated rings. The molecule has 1 aromatic rings. The van der Waals surface area contributed by atoms with E-state index in [1.807, 2.05) is 13.0 Å². The molecule has 0 spiro atoms. The number of anilines is 1. The molecule has 12 heavy (non-hydrogen) atoms. The molecule has 1 N–H and O–H groups in total. The Morgan fingerprint density at radius 3 is 3.33 bits per heavy atom. The van der Waals surface area contributed by atoms with Crippen LogP contribution in [0.4, 0.5) is 5.69 Å². The van der Waals surface area contributed by atoms with Crippen molar-refractivity contribution in [3.8, 4) is 5.75 Å². The van der Waals surface area contributed by atoms with Gasteiger partial charge in [-0.2, -0.15) is 0 Å². The maximum atomic E-state index is 10.9. The number of amides is 1. The fourth-order valence-corrected chi connectivity index (χ4v) is 1.12. The molecule has 0 atom stereocenters. The number of carbonyl (C=O) groups is 1. The molecular weight excluding hydrogens is 154 g/mol. The first kappa shape index (κ1) is 7.16. The van der Waals surface area contributed by atoms with Crippen molar-refractivity contribution in [3.63, 3.8) is 0 Å². The van der Waals surface area contributed by atoms with E-state index < -0.39 is 0 Å². The van der Waals surface area contributed by atoms with Crippen LogP contribution in [-0.4, -0.2) is 12.5 Å². The van der Waals surface area contributed by atoms with Gasteiger partial charge in [-0.05, 0) is 30.7 Å². The number of carbonyl (C=O) groups excluding carboxylic acids is 1. The van der Waals surface area contributed by atoms with E-state index in [0.29, 0.717) is 5.69 Å². The Labute approximate surface area is 70.3 Å². The fourth-order valence-electron chi connectivity index (χ4n) is 1.12.